The SMILES string of the molecule is O=C1[C@@H]2[C@H](C=CCN1c1ccccc1)S[C@]13C=CCN(c4ccccc4Cl)C(=O)C1N(CCCCO)C(=O)[C@H]23. The van der Waals surface area contributed by atoms with Gasteiger partial charge in [-0.3, -0.25) is 14.4 Å². The Balaban J connectivity index is 1.43. The molecule has 1 spiro atoms. The van der Waals surface area contributed by atoms with E-state index in [1.54, 1.807) is 32.5 Å². The summed E-state index contributed by atoms with van der Waals surface area (Å²) in [7, 11) is 0. The average Bonchev–Trinajstić information content (AvgIpc) is 3.25. The first-order chi connectivity index (χ1) is 19.0. The Bertz CT molecular complexity index is 1350. The monoisotopic (exact) mass is 563 g/mol. The lowest BCUT2D eigenvalue weighted by Crippen LogP contribution is -2.53. The van der Waals surface area contributed by atoms with E-state index >= 15 is 0 Å². The number of halogens is 1. The van der Waals surface area contributed by atoms with Crippen LogP contribution in [0.1, 0.15) is 12.8 Å². The number of hydrogen-bond donors (Lipinski definition) is 1. The van der Waals surface area contributed by atoms with Crippen LogP contribution in [0.15, 0.2) is 78.9 Å². The molecule has 7 nitrogen and oxygen atoms in total. The Morgan fingerprint density at radius 2 is 1.64 bits per heavy atom. The molecule has 0 aromatic heterocycles. The molecule has 2 saturated heterocycles. The lowest BCUT2D eigenvalue weighted by Gasteiger charge is -2.35. The molecule has 0 aliphatic carbocycles. The Labute approximate surface area is 237 Å². The topological polar surface area (TPSA) is 81.2 Å². The number of aliphatic hydroxyl groups is 1. The smallest absolute Gasteiger partial charge is 0.251 e. The zero-order chi connectivity index (χ0) is 27.1. The molecule has 0 radical (unpaired) electrons. The number of anilines is 2. The predicted octanol–water partition coefficient (Wildman–Crippen LogP) is 3.92. The summed E-state index contributed by atoms with van der Waals surface area (Å²) >= 11 is 8.08. The number of likely N-dealkylation sites (tertiary alicyclic amines) is 1. The van der Waals surface area contributed by atoms with Gasteiger partial charge in [-0.1, -0.05) is 66.2 Å². The summed E-state index contributed by atoms with van der Waals surface area (Å²) in [6.45, 7) is 1.10. The zero-order valence-corrected chi connectivity index (χ0v) is 22.9. The number of para-hydroxylation sites is 2. The van der Waals surface area contributed by atoms with Crippen LogP contribution < -0.4 is 9.80 Å². The molecule has 0 bridgehead atoms. The highest BCUT2D eigenvalue weighted by molar-refractivity contribution is 8.02. The highest BCUT2D eigenvalue weighted by Crippen LogP contribution is 2.61. The van der Waals surface area contributed by atoms with E-state index in [9.17, 15) is 19.5 Å². The molecule has 39 heavy (non-hydrogen) atoms. The summed E-state index contributed by atoms with van der Waals surface area (Å²) in [6.07, 6.45) is 9.08. The van der Waals surface area contributed by atoms with Crippen LogP contribution in [0.5, 0.6) is 0 Å². The van der Waals surface area contributed by atoms with Gasteiger partial charge in [0.05, 0.1) is 27.3 Å². The quantitative estimate of drug-likeness (QED) is 0.426. The van der Waals surface area contributed by atoms with E-state index < -0.39 is 22.6 Å². The van der Waals surface area contributed by atoms with Gasteiger partial charge < -0.3 is 19.8 Å². The number of fused-ring (bicyclic) bond motifs is 2. The molecule has 2 aromatic carbocycles. The number of carbonyl (C=O) groups excluding carboxylic acids is 3. The third-order valence-corrected chi connectivity index (χ3v) is 10.2. The van der Waals surface area contributed by atoms with Crippen molar-refractivity contribution in [2.45, 2.75) is 28.9 Å². The predicted molar refractivity (Wildman–Crippen MR) is 154 cm³/mol. The average molecular weight is 564 g/mol. The fraction of sp³-hybridized carbons (Fsp3) is 0.367. The summed E-state index contributed by atoms with van der Waals surface area (Å²) in [4.78, 5) is 47.9. The number of amides is 3. The lowest BCUT2D eigenvalue weighted by molar-refractivity contribution is -0.138. The Kier molecular flexibility index (Phi) is 7.04. The third-order valence-electron chi connectivity index (χ3n) is 8.18. The van der Waals surface area contributed by atoms with E-state index in [1.807, 2.05) is 72.8 Å². The molecule has 4 heterocycles. The van der Waals surface area contributed by atoms with Gasteiger partial charge in [0.2, 0.25) is 11.8 Å². The van der Waals surface area contributed by atoms with E-state index in [-0.39, 0.29) is 29.6 Å². The Morgan fingerprint density at radius 3 is 2.41 bits per heavy atom. The summed E-state index contributed by atoms with van der Waals surface area (Å²) in [5, 5.41) is 9.64. The Morgan fingerprint density at radius 1 is 0.897 bits per heavy atom. The molecular weight excluding hydrogens is 534 g/mol. The lowest BCUT2D eigenvalue weighted by atomic mass is 9.78. The fourth-order valence-corrected chi connectivity index (χ4v) is 8.74. The van der Waals surface area contributed by atoms with Crippen molar-refractivity contribution >= 4 is 52.5 Å². The summed E-state index contributed by atoms with van der Waals surface area (Å²) in [5.41, 5.74) is 1.39. The van der Waals surface area contributed by atoms with Crippen molar-refractivity contribution < 1.29 is 19.5 Å². The van der Waals surface area contributed by atoms with Gasteiger partial charge in [0.15, 0.2) is 0 Å². The van der Waals surface area contributed by atoms with Gasteiger partial charge in [-0.2, -0.15) is 0 Å². The molecular formula is C30H30ClN3O4S. The maximum atomic E-state index is 14.4. The van der Waals surface area contributed by atoms with Gasteiger partial charge in [0.1, 0.15) is 6.04 Å². The number of hydrogen-bond acceptors (Lipinski definition) is 5. The second-order valence-corrected chi connectivity index (χ2v) is 12.2. The molecule has 4 aliphatic rings. The minimum Gasteiger partial charge on any atom is -0.396 e. The van der Waals surface area contributed by atoms with Gasteiger partial charge in [0, 0.05) is 37.2 Å². The van der Waals surface area contributed by atoms with E-state index in [0.717, 1.165) is 5.69 Å². The van der Waals surface area contributed by atoms with E-state index in [2.05, 4.69) is 0 Å². The molecule has 1 N–H and O–H groups in total. The number of thioether (sulfide) groups is 1. The molecule has 4 aliphatic heterocycles. The zero-order valence-electron chi connectivity index (χ0n) is 21.4. The molecule has 0 saturated carbocycles. The highest BCUT2D eigenvalue weighted by atomic mass is 35.5. The number of unbranched alkanes of at least 4 members (excludes halogenated alkanes) is 1. The maximum Gasteiger partial charge on any atom is 0.251 e. The van der Waals surface area contributed by atoms with Gasteiger partial charge in [-0.05, 0) is 37.1 Å². The second kappa shape index (κ2) is 10.5. The van der Waals surface area contributed by atoms with Gasteiger partial charge >= 0.3 is 0 Å². The molecule has 6 rings (SSSR count). The van der Waals surface area contributed by atoms with Crippen molar-refractivity contribution in [2.75, 3.05) is 36.0 Å². The van der Waals surface area contributed by atoms with Crippen LogP contribution in [0.3, 0.4) is 0 Å². The number of benzene rings is 2. The largest absolute Gasteiger partial charge is 0.396 e. The van der Waals surface area contributed by atoms with Gasteiger partial charge in [-0.25, -0.2) is 0 Å². The molecule has 5 atom stereocenters. The summed E-state index contributed by atoms with van der Waals surface area (Å²) in [6, 6.07) is 15.9. The number of aliphatic hydroxyl groups excluding tert-OH is 1. The van der Waals surface area contributed by atoms with Crippen molar-refractivity contribution in [1.82, 2.24) is 4.90 Å². The van der Waals surface area contributed by atoms with E-state index in [1.165, 1.54) is 0 Å². The number of nitrogens with zero attached hydrogens (tertiary/aromatic N) is 3. The van der Waals surface area contributed by atoms with Crippen LogP contribution in [0, 0.1) is 11.8 Å². The van der Waals surface area contributed by atoms with Crippen LogP contribution in [0.2, 0.25) is 5.02 Å². The minimum absolute atomic E-state index is 0.00955. The van der Waals surface area contributed by atoms with Crippen LogP contribution >= 0.6 is 23.4 Å². The Hall–Kier alpha value is -3.07. The third kappa shape index (κ3) is 4.20. The van der Waals surface area contributed by atoms with Gasteiger partial charge in [-0.15, -0.1) is 11.8 Å². The first-order valence-electron chi connectivity index (χ1n) is 13.3. The van der Waals surface area contributed by atoms with Crippen LogP contribution in [-0.2, 0) is 14.4 Å². The first kappa shape index (κ1) is 26.2. The van der Waals surface area contributed by atoms with Crippen molar-refractivity contribution in [2.24, 2.45) is 11.8 Å². The van der Waals surface area contributed by atoms with Crippen molar-refractivity contribution in [3.63, 3.8) is 0 Å². The number of rotatable bonds is 6. The molecule has 202 valence electrons. The van der Waals surface area contributed by atoms with E-state index in [4.69, 9.17) is 11.6 Å². The first-order valence-corrected chi connectivity index (χ1v) is 14.6. The van der Waals surface area contributed by atoms with Crippen LogP contribution in [0.25, 0.3) is 0 Å². The fourth-order valence-electron chi connectivity index (χ4n) is 6.50. The molecule has 2 fully saturated rings. The molecule has 1 unspecified atom stereocenters. The minimum atomic E-state index is -0.890. The standard InChI is InChI=1S/C30H30ClN3O4S/c31-21-12-4-5-13-22(21)33-18-9-15-30-25(28(37)34(16-6-7-19-35)26(30)29(33)38)24-23(39-30)14-8-17-32(27(24)36)20-10-2-1-3-11-20/h1-5,8-15,23-26,35H,6-7,16-19H2/t23-,24+,25-,26?,30-/m0/s1. The maximum absolute atomic E-state index is 14.4. The number of carbonyl (C=O) groups is 3. The van der Waals surface area contributed by atoms with Crippen LogP contribution in [0.4, 0.5) is 11.4 Å². The summed E-state index contributed by atoms with van der Waals surface area (Å²) < 4.78 is -0.890. The summed E-state index contributed by atoms with van der Waals surface area (Å²) in [5.74, 6) is -1.75. The second-order valence-electron chi connectivity index (χ2n) is 10.3. The van der Waals surface area contributed by atoms with Crippen molar-refractivity contribution in [1.29, 1.82) is 0 Å². The highest BCUT2D eigenvalue weighted by Gasteiger charge is 2.71. The van der Waals surface area contributed by atoms with E-state index in [0.29, 0.717) is 43.2 Å². The normalized spacial score (nSPS) is 29.8. The molecule has 2 aromatic rings. The van der Waals surface area contributed by atoms with Gasteiger partial charge in [0.25, 0.3) is 5.91 Å². The van der Waals surface area contributed by atoms with Crippen molar-refractivity contribution in [3.05, 3.63) is 83.9 Å². The van der Waals surface area contributed by atoms with Crippen LogP contribution in [-0.4, -0.2) is 70.0 Å². The molecule has 3 amide bonds. The van der Waals surface area contributed by atoms with Crippen molar-refractivity contribution in [3.8, 4) is 0 Å². The molecule has 9 heteroatoms.